The smallest absolute Gasteiger partial charge is 0.00107 e. The van der Waals surface area contributed by atoms with Crippen molar-refractivity contribution in [1.29, 1.82) is 0 Å². The van der Waals surface area contributed by atoms with Gasteiger partial charge in [0.25, 0.3) is 0 Å². The highest BCUT2D eigenvalue weighted by atomic mass is 28.2. The highest BCUT2D eigenvalue weighted by Gasteiger charge is 1.82. The van der Waals surface area contributed by atoms with Crippen LogP contribution in [0.25, 0.3) is 0 Å². The predicted octanol–water partition coefficient (Wildman–Crippen LogP) is 1.78. The van der Waals surface area contributed by atoms with Crippen molar-refractivity contribution in [3.63, 3.8) is 0 Å². The molecule has 1 heteroatoms. The molecule has 0 aromatic carbocycles. The van der Waals surface area contributed by atoms with Gasteiger partial charge in [-0.25, -0.2) is 0 Å². The van der Waals surface area contributed by atoms with Gasteiger partial charge in [-0.3, -0.25) is 0 Å². The number of hydrogen-bond donors (Lipinski definition) is 0. The third-order valence-electron chi connectivity index (χ3n) is 0.667. The Balaban J connectivity index is 3.45. The first-order valence-electron chi connectivity index (χ1n) is 2.78. The van der Waals surface area contributed by atoms with Crippen molar-refractivity contribution in [2.24, 2.45) is 5.92 Å². The SMILES string of the molecule is CC(C)C=[Si](C)C. The molecule has 0 rings (SSSR count). The summed E-state index contributed by atoms with van der Waals surface area (Å²) in [7, 11) is -0.0592. The Morgan fingerprint density at radius 1 is 1.29 bits per heavy atom. The maximum Gasteiger partial charge on any atom is -0.00107 e. The van der Waals surface area contributed by atoms with Gasteiger partial charge < -0.3 is 0 Å². The summed E-state index contributed by atoms with van der Waals surface area (Å²) in [5, 5.41) is 0. The summed E-state index contributed by atoms with van der Waals surface area (Å²) >= 11 is 0. The van der Waals surface area contributed by atoms with Crippen molar-refractivity contribution in [3.8, 4) is 0 Å². The van der Waals surface area contributed by atoms with Crippen molar-refractivity contribution < 1.29 is 0 Å². The second-order valence-electron chi connectivity index (χ2n) is 2.49. The minimum Gasteiger partial charge on any atom is -0.102 e. The largest absolute Gasteiger partial charge is 0.102 e. The Morgan fingerprint density at radius 3 is 1.71 bits per heavy atom. The lowest BCUT2D eigenvalue weighted by molar-refractivity contribution is 0.919. The Labute approximate surface area is 47.8 Å². The molecule has 7 heavy (non-hydrogen) atoms. The van der Waals surface area contributed by atoms with Gasteiger partial charge in [0.2, 0.25) is 0 Å². The quantitative estimate of drug-likeness (QED) is 0.456. The number of rotatable bonds is 1. The molecule has 0 fully saturated rings. The van der Waals surface area contributed by atoms with Gasteiger partial charge in [0.15, 0.2) is 0 Å². The van der Waals surface area contributed by atoms with Crippen LogP contribution in [0, 0.1) is 5.92 Å². The van der Waals surface area contributed by atoms with E-state index in [1.807, 2.05) is 0 Å². The summed E-state index contributed by atoms with van der Waals surface area (Å²) in [6, 6.07) is 0. The van der Waals surface area contributed by atoms with Crippen LogP contribution in [0.1, 0.15) is 13.8 Å². The zero-order chi connectivity index (χ0) is 5.86. The van der Waals surface area contributed by atoms with Crippen LogP contribution in [0.4, 0.5) is 0 Å². The Bertz CT molecular complexity index is 68.2. The molecule has 0 saturated heterocycles. The van der Waals surface area contributed by atoms with Gasteiger partial charge in [-0.15, -0.1) is 5.67 Å². The third kappa shape index (κ3) is 6.09. The van der Waals surface area contributed by atoms with Crippen molar-refractivity contribution >= 4 is 14.1 Å². The van der Waals surface area contributed by atoms with Crippen LogP contribution in [0.2, 0.25) is 13.1 Å². The molecule has 0 aliphatic carbocycles. The molecule has 0 aliphatic rings. The van der Waals surface area contributed by atoms with E-state index in [-0.39, 0.29) is 8.41 Å². The molecule has 42 valence electrons. The van der Waals surface area contributed by atoms with Crippen molar-refractivity contribution in [3.05, 3.63) is 0 Å². The molecule has 0 radical (unpaired) electrons. The molecule has 0 unspecified atom stereocenters. The van der Waals surface area contributed by atoms with E-state index in [9.17, 15) is 0 Å². The van der Waals surface area contributed by atoms with Crippen LogP contribution >= 0.6 is 0 Å². The summed E-state index contributed by atoms with van der Waals surface area (Å²) in [5.41, 5.74) is 2.44. The van der Waals surface area contributed by atoms with Crippen LogP contribution in [0.3, 0.4) is 0 Å². The first-order chi connectivity index (χ1) is 3.13. The van der Waals surface area contributed by atoms with E-state index < -0.39 is 0 Å². The molecule has 0 N–H and O–H groups in total. The summed E-state index contributed by atoms with van der Waals surface area (Å²) in [6.07, 6.45) is 0. The standard InChI is InChI=1S/C6H14Si/c1-6(2)5-7(3)4/h5-6H,1-4H3. The van der Waals surface area contributed by atoms with Crippen LogP contribution in [-0.2, 0) is 0 Å². The van der Waals surface area contributed by atoms with Crippen molar-refractivity contribution in [1.82, 2.24) is 0 Å². The van der Waals surface area contributed by atoms with E-state index in [2.05, 4.69) is 32.6 Å². The van der Waals surface area contributed by atoms with Crippen molar-refractivity contribution in [2.75, 3.05) is 0 Å². The first kappa shape index (κ1) is 7.09. The third-order valence-corrected chi connectivity index (χ3v) is 2.00. The molecule has 0 atom stereocenters. The highest BCUT2D eigenvalue weighted by molar-refractivity contribution is 6.63. The molecule has 0 amide bonds. The van der Waals surface area contributed by atoms with E-state index in [1.165, 1.54) is 0 Å². The first-order valence-corrected chi connectivity index (χ1v) is 5.35. The summed E-state index contributed by atoms with van der Waals surface area (Å²) in [5.74, 6) is 0.795. The van der Waals surface area contributed by atoms with Crippen LogP contribution in [-0.4, -0.2) is 14.1 Å². The van der Waals surface area contributed by atoms with Crippen LogP contribution in [0.15, 0.2) is 0 Å². The van der Waals surface area contributed by atoms with Gasteiger partial charge >= 0.3 is 0 Å². The minimum atomic E-state index is -0.0592. The molecule has 0 aromatic heterocycles. The molecule has 0 heterocycles. The van der Waals surface area contributed by atoms with E-state index in [0.29, 0.717) is 0 Å². The van der Waals surface area contributed by atoms with Gasteiger partial charge in [0.1, 0.15) is 0 Å². The molecule has 0 saturated carbocycles. The van der Waals surface area contributed by atoms with Gasteiger partial charge in [-0.1, -0.05) is 26.9 Å². The van der Waals surface area contributed by atoms with Gasteiger partial charge in [0, 0.05) is 0 Å². The highest BCUT2D eigenvalue weighted by Crippen LogP contribution is 1.83. The molecule has 0 nitrogen and oxygen atoms in total. The fourth-order valence-corrected chi connectivity index (χ4v) is 2.00. The predicted molar refractivity (Wildman–Crippen MR) is 38.4 cm³/mol. The second kappa shape index (κ2) is 3.14. The summed E-state index contributed by atoms with van der Waals surface area (Å²) < 4.78 is 0. The zero-order valence-electron chi connectivity index (χ0n) is 5.65. The Hall–Kier alpha value is 0.0869. The van der Waals surface area contributed by atoms with Crippen molar-refractivity contribution in [2.45, 2.75) is 26.9 Å². The average molecular weight is 114 g/mol. The summed E-state index contributed by atoms with van der Waals surface area (Å²) in [4.78, 5) is 0. The lowest BCUT2D eigenvalue weighted by Crippen LogP contribution is -1.98. The molecule has 0 aliphatic heterocycles. The Kier molecular flexibility index (Phi) is 3.18. The topological polar surface area (TPSA) is 0 Å². The van der Waals surface area contributed by atoms with Gasteiger partial charge in [0.05, 0.1) is 0 Å². The maximum absolute atomic E-state index is 2.44. The average Bonchev–Trinajstić information content (AvgIpc) is 1.27. The number of hydrogen-bond acceptors (Lipinski definition) is 0. The molecule has 0 spiro atoms. The van der Waals surface area contributed by atoms with E-state index in [1.54, 1.807) is 0 Å². The molecular weight excluding hydrogens is 100 g/mol. The monoisotopic (exact) mass is 114 g/mol. The lowest BCUT2D eigenvalue weighted by Gasteiger charge is -1.92. The molecule has 0 aromatic rings. The van der Waals surface area contributed by atoms with E-state index in [0.717, 1.165) is 5.92 Å². The van der Waals surface area contributed by atoms with Crippen LogP contribution in [0.5, 0.6) is 0 Å². The van der Waals surface area contributed by atoms with E-state index >= 15 is 0 Å². The Morgan fingerprint density at radius 2 is 1.71 bits per heavy atom. The minimum absolute atomic E-state index is 0.0592. The van der Waals surface area contributed by atoms with Gasteiger partial charge in [-0.2, -0.15) is 0 Å². The summed E-state index contributed by atoms with van der Waals surface area (Å²) in [6.45, 7) is 9.09. The van der Waals surface area contributed by atoms with E-state index in [4.69, 9.17) is 0 Å². The maximum atomic E-state index is 2.44. The molecule has 0 bridgehead atoms. The zero-order valence-corrected chi connectivity index (χ0v) is 6.65. The lowest BCUT2D eigenvalue weighted by atomic mass is 10.3. The van der Waals surface area contributed by atoms with Crippen LogP contribution < -0.4 is 0 Å². The van der Waals surface area contributed by atoms with Gasteiger partial charge in [-0.05, 0) is 14.3 Å². The fraction of sp³-hybridized carbons (Fsp3) is 0.833. The normalized spacial score (nSPS) is 9.29. The fourth-order valence-electron chi connectivity index (χ4n) is 0.667. The second-order valence-corrected chi connectivity index (χ2v) is 4.98. The molecular formula is C6H14Si.